The van der Waals surface area contributed by atoms with E-state index in [9.17, 15) is 22.7 Å². The van der Waals surface area contributed by atoms with Gasteiger partial charge in [0.15, 0.2) is 0 Å². The lowest BCUT2D eigenvalue weighted by Gasteiger charge is -2.26. The van der Waals surface area contributed by atoms with Gasteiger partial charge in [-0.2, -0.15) is 0 Å². The van der Waals surface area contributed by atoms with E-state index in [1.54, 1.807) is 0 Å². The van der Waals surface area contributed by atoms with Gasteiger partial charge in [0.25, 0.3) is 12.9 Å². The molecule has 1 aromatic rings. The van der Waals surface area contributed by atoms with Crippen LogP contribution in [0.15, 0.2) is 24.3 Å². The van der Waals surface area contributed by atoms with E-state index in [0.717, 1.165) is 12.1 Å². The SMILES string of the molecule is COc1ccc(C(O)(C(F)F)C(F)F)cc1. The van der Waals surface area contributed by atoms with Crippen LogP contribution in [-0.4, -0.2) is 25.1 Å². The molecule has 1 aromatic carbocycles. The van der Waals surface area contributed by atoms with Crippen molar-refractivity contribution >= 4 is 0 Å². The second-order valence-corrected chi connectivity index (χ2v) is 3.16. The van der Waals surface area contributed by atoms with Gasteiger partial charge < -0.3 is 9.84 Å². The molecule has 0 saturated heterocycles. The molecular weight excluding hydrogens is 228 g/mol. The Bertz CT molecular complexity index is 329. The van der Waals surface area contributed by atoms with Gasteiger partial charge in [0, 0.05) is 0 Å². The van der Waals surface area contributed by atoms with Crippen molar-refractivity contribution in [1.29, 1.82) is 0 Å². The highest BCUT2D eigenvalue weighted by molar-refractivity contribution is 5.31. The molecule has 0 saturated carbocycles. The van der Waals surface area contributed by atoms with E-state index in [-0.39, 0.29) is 0 Å². The van der Waals surface area contributed by atoms with Crippen molar-refractivity contribution in [3.05, 3.63) is 29.8 Å². The molecule has 0 spiro atoms. The van der Waals surface area contributed by atoms with Gasteiger partial charge in [-0.1, -0.05) is 12.1 Å². The summed E-state index contributed by atoms with van der Waals surface area (Å²) in [6.45, 7) is 0. The number of methoxy groups -OCH3 is 1. The van der Waals surface area contributed by atoms with Crippen LogP contribution in [0.3, 0.4) is 0 Å². The van der Waals surface area contributed by atoms with Gasteiger partial charge in [-0.25, -0.2) is 17.6 Å². The highest BCUT2D eigenvalue weighted by Crippen LogP contribution is 2.35. The molecule has 0 fully saturated rings. The van der Waals surface area contributed by atoms with Crippen molar-refractivity contribution in [3.8, 4) is 5.75 Å². The van der Waals surface area contributed by atoms with Crippen molar-refractivity contribution in [3.63, 3.8) is 0 Å². The normalized spacial score (nSPS) is 12.2. The average molecular weight is 238 g/mol. The lowest BCUT2D eigenvalue weighted by molar-refractivity contribution is -0.183. The minimum atomic E-state index is -3.57. The Morgan fingerprint density at radius 1 is 1.06 bits per heavy atom. The zero-order valence-corrected chi connectivity index (χ0v) is 8.33. The second-order valence-electron chi connectivity index (χ2n) is 3.16. The summed E-state index contributed by atoms with van der Waals surface area (Å²) in [5, 5.41) is 9.26. The van der Waals surface area contributed by atoms with Gasteiger partial charge in [0.2, 0.25) is 5.60 Å². The van der Waals surface area contributed by atoms with Crippen LogP contribution in [0.2, 0.25) is 0 Å². The van der Waals surface area contributed by atoms with Crippen LogP contribution in [0, 0.1) is 0 Å². The Kier molecular flexibility index (Phi) is 3.74. The Hall–Kier alpha value is -1.30. The Labute approximate surface area is 89.5 Å². The molecule has 0 heterocycles. The maximum Gasteiger partial charge on any atom is 0.276 e. The second kappa shape index (κ2) is 4.69. The van der Waals surface area contributed by atoms with E-state index in [1.165, 1.54) is 19.2 Å². The Balaban J connectivity index is 3.12. The first-order chi connectivity index (χ1) is 7.42. The smallest absolute Gasteiger partial charge is 0.276 e. The molecule has 0 aliphatic heterocycles. The maximum atomic E-state index is 12.4. The molecular formula is C10H10F4O2. The summed E-state index contributed by atoms with van der Waals surface area (Å²) in [6, 6.07) is 4.42. The van der Waals surface area contributed by atoms with Crippen LogP contribution >= 0.6 is 0 Å². The Morgan fingerprint density at radius 3 is 1.81 bits per heavy atom. The number of halogens is 4. The van der Waals surface area contributed by atoms with Crippen molar-refractivity contribution in [1.82, 2.24) is 0 Å². The highest BCUT2D eigenvalue weighted by atomic mass is 19.3. The van der Waals surface area contributed by atoms with E-state index in [1.807, 2.05) is 0 Å². The Morgan fingerprint density at radius 2 is 1.50 bits per heavy atom. The van der Waals surface area contributed by atoms with Crippen LogP contribution in [0.4, 0.5) is 17.6 Å². The van der Waals surface area contributed by atoms with Gasteiger partial charge in [0.05, 0.1) is 7.11 Å². The molecule has 1 rings (SSSR count). The first kappa shape index (κ1) is 12.8. The number of ether oxygens (including phenoxy) is 1. The van der Waals surface area contributed by atoms with Crippen LogP contribution in [0.1, 0.15) is 5.56 Å². The highest BCUT2D eigenvalue weighted by Gasteiger charge is 2.48. The fourth-order valence-corrected chi connectivity index (χ4v) is 1.21. The molecule has 2 nitrogen and oxygen atoms in total. The van der Waals surface area contributed by atoms with E-state index < -0.39 is 24.0 Å². The van der Waals surface area contributed by atoms with Crippen LogP contribution in [-0.2, 0) is 5.60 Å². The van der Waals surface area contributed by atoms with Gasteiger partial charge in [-0.15, -0.1) is 0 Å². The fourth-order valence-electron chi connectivity index (χ4n) is 1.21. The van der Waals surface area contributed by atoms with Crippen molar-refractivity contribution < 1.29 is 27.4 Å². The zero-order chi connectivity index (χ0) is 12.3. The summed E-state index contributed by atoms with van der Waals surface area (Å²) < 4.78 is 54.5. The van der Waals surface area contributed by atoms with E-state index in [2.05, 4.69) is 0 Å². The summed E-state index contributed by atoms with van der Waals surface area (Å²) in [6.07, 6.45) is -7.14. The number of benzene rings is 1. The topological polar surface area (TPSA) is 29.5 Å². The number of aliphatic hydroxyl groups is 1. The summed E-state index contributed by atoms with van der Waals surface area (Å²) in [4.78, 5) is 0. The average Bonchev–Trinajstić information content (AvgIpc) is 2.27. The third-order valence-corrected chi connectivity index (χ3v) is 2.22. The van der Waals surface area contributed by atoms with Crippen LogP contribution in [0.25, 0.3) is 0 Å². The number of alkyl halides is 4. The molecule has 0 bridgehead atoms. The standard InChI is InChI=1S/C10H10F4O2/c1-16-7-4-2-6(3-5-7)10(15,8(11)12)9(13)14/h2-5,8-9,15H,1H3. The molecule has 6 heteroatoms. The molecule has 0 aromatic heterocycles. The van der Waals surface area contributed by atoms with E-state index in [4.69, 9.17) is 4.74 Å². The lowest BCUT2D eigenvalue weighted by atomic mass is 9.95. The predicted octanol–water partition coefficient (Wildman–Crippen LogP) is 2.41. The molecule has 90 valence electrons. The van der Waals surface area contributed by atoms with E-state index in [0.29, 0.717) is 5.75 Å². The number of rotatable bonds is 4. The first-order valence-electron chi connectivity index (χ1n) is 4.36. The molecule has 0 amide bonds. The molecule has 16 heavy (non-hydrogen) atoms. The maximum absolute atomic E-state index is 12.4. The minimum absolute atomic E-state index is 0.328. The first-order valence-corrected chi connectivity index (χ1v) is 4.36. The molecule has 0 aliphatic rings. The third kappa shape index (κ3) is 2.11. The quantitative estimate of drug-likeness (QED) is 0.816. The molecule has 0 aliphatic carbocycles. The van der Waals surface area contributed by atoms with Crippen molar-refractivity contribution in [2.24, 2.45) is 0 Å². The molecule has 0 unspecified atom stereocenters. The molecule has 0 radical (unpaired) electrons. The monoisotopic (exact) mass is 238 g/mol. The van der Waals surface area contributed by atoms with Crippen molar-refractivity contribution in [2.75, 3.05) is 7.11 Å². The van der Waals surface area contributed by atoms with Crippen LogP contribution < -0.4 is 4.74 Å². The van der Waals surface area contributed by atoms with Crippen molar-refractivity contribution in [2.45, 2.75) is 18.5 Å². The predicted molar refractivity (Wildman–Crippen MR) is 48.9 cm³/mol. The summed E-state index contributed by atoms with van der Waals surface area (Å²) >= 11 is 0. The summed E-state index contributed by atoms with van der Waals surface area (Å²) in [5.74, 6) is 0.328. The molecule has 1 N–H and O–H groups in total. The largest absolute Gasteiger partial charge is 0.497 e. The van der Waals surface area contributed by atoms with Gasteiger partial charge in [-0.3, -0.25) is 0 Å². The summed E-state index contributed by atoms with van der Waals surface area (Å²) in [7, 11) is 1.35. The minimum Gasteiger partial charge on any atom is -0.497 e. The van der Waals surface area contributed by atoms with Gasteiger partial charge in [0.1, 0.15) is 5.75 Å². The van der Waals surface area contributed by atoms with Gasteiger partial charge >= 0.3 is 0 Å². The zero-order valence-electron chi connectivity index (χ0n) is 8.33. The number of hydrogen-bond acceptors (Lipinski definition) is 2. The summed E-state index contributed by atoms with van der Waals surface area (Å²) in [5.41, 5.74) is -3.98. The van der Waals surface area contributed by atoms with Crippen LogP contribution in [0.5, 0.6) is 5.75 Å². The third-order valence-electron chi connectivity index (χ3n) is 2.22. The molecule has 0 atom stereocenters. The fraction of sp³-hybridized carbons (Fsp3) is 0.400. The number of hydrogen-bond donors (Lipinski definition) is 1. The lowest BCUT2D eigenvalue weighted by Crippen LogP contribution is -2.41. The van der Waals surface area contributed by atoms with E-state index >= 15 is 0 Å². The van der Waals surface area contributed by atoms with Gasteiger partial charge in [-0.05, 0) is 17.7 Å².